The molecule has 0 fully saturated rings. The Labute approximate surface area is 148 Å². The summed E-state index contributed by atoms with van der Waals surface area (Å²) in [5.41, 5.74) is 6.14. The summed E-state index contributed by atoms with van der Waals surface area (Å²) in [6.45, 7) is 7.52. The smallest absolute Gasteiger partial charge is 0.143 e. The maximum Gasteiger partial charge on any atom is 0.143 e. The summed E-state index contributed by atoms with van der Waals surface area (Å²) < 4.78 is 0. The average Bonchev–Trinajstić information content (AvgIpc) is 2.70. The summed E-state index contributed by atoms with van der Waals surface area (Å²) in [5.74, 6) is 0. The molecule has 0 aliphatic rings. The molecule has 1 unspecified atom stereocenters. The summed E-state index contributed by atoms with van der Waals surface area (Å²) in [7, 11) is 0. The molecule has 3 rings (SSSR count). The second-order valence-corrected chi connectivity index (χ2v) is 5.80. The fourth-order valence-electron chi connectivity index (χ4n) is 2.78. The van der Waals surface area contributed by atoms with Gasteiger partial charge in [0.1, 0.15) is 6.10 Å². The van der Waals surface area contributed by atoms with Gasteiger partial charge in [0.2, 0.25) is 0 Å². The van der Waals surface area contributed by atoms with Crippen molar-refractivity contribution in [3.8, 4) is 11.1 Å². The minimum atomic E-state index is -0.518. The van der Waals surface area contributed by atoms with Crippen LogP contribution in [0.4, 0.5) is 0 Å². The predicted octanol–water partition coefficient (Wildman–Crippen LogP) is 6.22. The maximum absolute atomic E-state index is 9.37. The Morgan fingerprint density at radius 3 is 1.40 bits per heavy atom. The van der Waals surface area contributed by atoms with Crippen LogP contribution in [0, 0.1) is 0 Å². The molecular formula is C23H20O2. The van der Waals surface area contributed by atoms with Gasteiger partial charge in [-0.1, -0.05) is 98.1 Å². The van der Waals surface area contributed by atoms with Crippen molar-refractivity contribution in [1.29, 1.82) is 0 Å². The second kappa shape index (κ2) is 7.75. The van der Waals surface area contributed by atoms with E-state index in [4.69, 9.17) is 4.89 Å². The molecule has 1 N–H and O–H groups in total. The van der Waals surface area contributed by atoms with Crippen LogP contribution >= 0.6 is 0 Å². The average molecular weight is 328 g/mol. The van der Waals surface area contributed by atoms with E-state index in [-0.39, 0.29) is 0 Å². The summed E-state index contributed by atoms with van der Waals surface area (Å²) in [4.78, 5) is 4.73. The molecule has 0 radical (unpaired) electrons. The first kappa shape index (κ1) is 16.9. The van der Waals surface area contributed by atoms with E-state index in [2.05, 4.69) is 25.3 Å². The lowest BCUT2D eigenvalue weighted by Crippen LogP contribution is -2.03. The standard InChI is InChI=1S/C23H20O2/c1-3-17-5-9-19(10-6-17)20-13-15-22(16-14-20)23(25-24)21-11-7-18(4-2)8-12-21/h3-16,23-24H,1-2H2. The van der Waals surface area contributed by atoms with Crippen LogP contribution in [0.5, 0.6) is 0 Å². The second-order valence-electron chi connectivity index (χ2n) is 5.80. The van der Waals surface area contributed by atoms with Gasteiger partial charge >= 0.3 is 0 Å². The molecular weight excluding hydrogens is 308 g/mol. The number of hydrogen-bond acceptors (Lipinski definition) is 2. The van der Waals surface area contributed by atoms with Crippen LogP contribution in [0.15, 0.2) is 86.0 Å². The van der Waals surface area contributed by atoms with Gasteiger partial charge in [-0.3, -0.25) is 5.26 Å². The lowest BCUT2D eigenvalue weighted by atomic mass is 9.97. The van der Waals surface area contributed by atoms with E-state index >= 15 is 0 Å². The molecule has 0 amide bonds. The normalized spacial score (nSPS) is 11.7. The lowest BCUT2D eigenvalue weighted by Gasteiger charge is -2.15. The zero-order valence-electron chi connectivity index (χ0n) is 13.9. The fraction of sp³-hybridized carbons (Fsp3) is 0.0435. The molecule has 1 atom stereocenters. The SMILES string of the molecule is C=Cc1ccc(-c2ccc(C(OO)c3ccc(C=C)cc3)cc2)cc1. The highest BCUT2D eigenvalue weighted by Gasteiger charge is 2.15. The van der Waals surface area contributed by atoms with Crippen molar-refractivity contribution in [3.63, 3.8) is 0 Å². The molecule has 0 bridgehead atoms. The minimum Gasteiger partial charge on any atom is -0.251 e. The van der Waals surface area contributed by atoms with Gasteiger partial charge in [0, 0.05) is 0 Å². The molecule has 25 heavy (non-hydrogen) atoms. The highest BCUT2D eigenvalue weighted by Crippen LogP contribution is 2.28. The Hall–Kier alpha value is -2.94. The number of rotatable bonds is 6. The molecule has 0 aromatic heterocycles. The van der Waals surface area contributed by atoms with Gasteiger partial charge in [0.05, 0.1) is 0 Å². The van der Waals surface area contributed by atoms with Crippen molar-refractivity contribution in [3.05, 3.63) is 108 Å². The summed E-state index contributed by atoms with van der Waals surface area (Å²) in [6.07, 6.45) is 3.09. The van der Waals surface area contributed by atoms with Gasteiger partial charge in [-0.05, 0) is 33.4 Å². The van der Waals surface area contributed by atoms with Gasteiger partial charge in [0.25, 0.3) is 0 Å². The summed E-state index contributed by atoms with van der Waals surface area (Å²) in [5, 5.41) is 9.37. The topological polar surface area (TPSA) is 29.5 Å². The van der Waals surface area contributed by atoms with Crippen molar-refractivity contribution in [2.24, 2.45) is 0 Å². The molecule has 2 heteroatoms. The molecule has 124 valence electrons. The van der Waals surface area contributed by atoms with Crippen LogP contribution < -0.4 is 0 Å². The molecule has 0 spiro atoms. The third-order valence-electron chi connectivity index (χ3n) is 4.27. The van der Waals surface area contributed by atoms with Crippen LogP contribution in [-0.2, 0) is 4.89 Å². The van der Waals surface area contributed by atoms with E-state index in [0.717, 1.165) is 33.4 Å². The highest BCUT2D eigenvalue weighted by atomic mass is 17.1. The van der Waals surface area contributed by atoms with Gasteiger partial charge in [-0.25, -0.2) is 4.89 Å². The van der Waals surface area contributed by atoms with Crippen LogP contribution in [-0.4, -0.2) is 5.26 Å². The van der Waals surface area contributed by atoms with E-state index in [1.165, 1.54) is 0 Å². The first-order chi connectivity index (χ1) is 12.2. The Balaban J connectivity index is 1.85. The first-order valence-electron chi connectivity index (χ1n) is 8.10. The van der Waals surface area contributed by atoms with Gasteiger partial charge in [0.15, 0.2) is 0 Å². The molecule has 0 heterocycles. The Morgan fingerprint density at radius 1 is 0.640 bits per heavy atom. The first-order valence-corrected chi connectivity index (χ1v) is 8.10. The summed E-state index contributed by atoms with van der Waals surface area (Å²) >= 11 is 0. The Kier molecular flexibility index (Phi) is 5.24. The van der Waals surface area contributed by atoms with Crippen molar-refractivity contribution in [2.45, 2.75) is 6.10 Å². The monoisotopic (exact) mass is 328 g/mol. The van der Waals surface area contributed by atoms with E-state index in [1.807, 2.05) is 66.7 Å². The van der Waals surface area contributed by atoms with Crippen molar-refractivity contribution >= 4 is 12.2 Å². The zero-order chi connectivity index (χ0) is 17.6. The van der Waals surface area contributed by atoms with E-state index in [1.54, 1.807) is 6.08 Å². The molecule has 0 saturated heterocycles. The number of benzene rings is 3. The molecule has 2 nitrogen and oxygen atoms in total. The molecule has 0 aliphatic heterocycles. The van der Waals surface area contributed by atoms with E-state index < -0.39 is 6.10 Å². The van der Waals surface area contributed by atoms with Crippen LogP contribution in [0.2, 0.25) is 0 Å². The Morgan fingerprint density at radius 2 is 1.00 bits per heavy atom. The minimum absolute atomic E-state index is 0.518. The zero-order valence-corrected chi connectivity index (χ0v) is 13.9. The largest absolute Gasteiger partial charge is 0.251 e. The summed E-state index contributed by atoms with van der Waals surface area (Å²) in [6, 6.07) is 24.0. The van der Waals surface area contributed by atoms with Crippen molar-refractivity contribution < 1.29 is 10.1 Å². The van der Waals surface area contributed by atoms with E-state index in [0.29, 0.717) is 0 Å². The number of hydrogen-bond donors (Lipinski definition) is 1. The molecule has 3 aromatic rings. The molecule has 3 aromatic carbocycles. The van der Waals surface area contributed by atoms with E-state index in [9.17, 15) is 5.26 Å². The van der Waals surface area contributed by atoms with Crippen LogP contribution in [0.1, 0.15) is 28.4 Å². The lowest BCUT2D eigenvalue weighted by molar-refractivity contribution is -0.270. The quantitative estimate of drug-likeness (QED) is 0.430. The molecule has 0 aliphatic carbocycles. The molecule has 0 saturated carbocycles. The highest BCUT2D eigenvalue weighted by molar-refractivity contribution is 5.66. The fourth-order valence-corrected chi connectivity index (χ4v) is 2.78. The van der Waals surface area contributed by atoms with Gasteiger partial charge in [-0.2, -0.15) is 0 Å². The Bertz CT molecular complexity index is 844. The third kappa shape index (κ3) is 3.77. The maximum atomic E-state index is 9.37. The predicted molar refractivity (Wildman–Crippen MR) is 104 cm³/mol. The van der Waals surface area contributed by atoms with Crippen molar-refractivity contribution in [2.75, 3.05) is 0 Å². The third-order valence-corrected chi connectivity index (χ3v) is 4.27. The van der Waals surface area contributed by atoms with Gasteiger partial charge < -0.3 is 0 Å². The van der Waals surface area contributed by atoms with Crippen LogP contribution in [0.3, 0.4) is 0 Å². The van der Waals surface area contributed by atoms with Crippen LogP contribution in [0.25, 0.3) is 23.3 Å². The van der Waals surface area contributed by atoms with Gasteiger partial charge in [-0.15, -0.1) is 0 Å². The van der Waals surface area contributed by atoms with Crippen molar-refractivity contribution in [1.82, 2.24) is 0 Å².